The van der Waals surface area contributed by atoms with Gasteiger partial charge in [-0.25, -0.2) is 17.5 Å². The Bertz CT molecular complexity index is 857. The Morgan fingerprint density at radius 3 is 2.48 bits per heavy atom. The van der Waals surface area contributed by atoms with Crippen LogP contribution in [0.3, 0.4) is 0 Å². The Balaban J connectivity index is 2.08. The Morgan fingerprint density at radius 2 is 1.88 bits per heavy atom. The first-order valence-electron chi connectivity index (χ1n) is 7.18. The van der Waals surface area contributed by atoms with E-state index in [1.165, 1.54) is 43.5 Å². The molecule has 0 fully saturated rings. The lowest BCUT2D eigenvalue weighted by molar-refractivity contribution is 0.102. The molecule has 2 aromatic rings. The molecule has 134 valence electrons. The van der Waals surface area contributed by atoms with Gasteiger partial charge in [0.25, 0.3) is 5.91 Å². The number of halogens is 2. The maximum absolute atomic E-state index is 13.8. The predicted octanol–water partition coefficient (Wildman–Crippen LogP) is 2.77. The highest BCUT2D eigenvalue weighted by Gasteiger charge is 2.15. The fourth-order valence-electron chi connectivity index (χ4n) is 1.95. The Hall–Kier alpha value is -1.81. The molecule has 0 aliphatic heterocycles. The van der Waals surface area contributed by atoms with Gasteiger partial charge in [0.05, 0.1) is 17.1 Å². The first-order valence-corrected chi connectivity index (χ1v) is 9.46. The summed E-state index contributed by atoms with van der Waals surface area (Å²) in [5, 5.41) is 2.52. The van der Waals surface area contributed by atoms with Crippen LogP contribution in [-0.2, 0) is 14.8 Å². The molecule has 0 aliphatic rings. The largest absolute Gasteiger partial charge is 0.383 e. The summed E-state index contributed by atoms with van der Waals surface area (Å²) in [5.74, 6) is -1.28. The van der Waals surface area contributed by atoms with Crippen molar-refractivity contribution in [3.63, 3.8) is 0 Å². The summed E-state index contributed by atoms with van der Waals surface area (Å²) in [6.07, 6.45) is 0. The third-order valence-electron chi connectivity index (χ3n) is 3.20. The van der Waals surface area contributed by atoms with E-state index >= 15 is 0 Å². The maximum Gasteiger partial charge on any atom is 0.258 e. The summed E-state index contributed by atoms with van der Waals surface area (Å²) >= 11 is 3.12. The highest BCUT2D eigenvalue weighted by Crippen LogP contribution is 2.18. The van der Waals surface area contributed by atoms with Crippen molar-refractivity contribution < 1.29 is 22.3 Å². The SMILES string of the molecule is COCCNS(=O)(=O)c1ccc(NC(=O)c2ccc(Br)cc2F)cc1. The second-order valence-corrected chi connectivity index (χ2v) is 7.68. The summed E-state index contributed by atoms with van der Waals surface area (Å²) in [6.45, 7) is 0.409. The lowest BCUT2D eigenvalue weighted by Crippen LogP contribution is -2.27. The highest BCUT2D eigenvalue weighted by atomic mass is 79.9. The number of sulfonamides is 1. The third-order valence-corrected chi connectivity index (χ3v) is 5.17. The summed E-state index contributed by atoms with van der Waals surface area (Å²) < 4.78 is 45.5. The molecule has 6 nitrogen and oxygen atoms in total. The van der Waals surface area contributed by atoms with E-state index in [4.69, 9.17) is 4.74 Å². The summed E-state index contributed by atoms with van der Waals surface area (Å²) in [5.41, 5.74) is 0.240. The van der Waals surface area contributed by atoms with Gasteiger partial charge in [-0.05, 0) is 42.5 Å². The van der Waals surface area contributed by atoms with Crippen LogP contribution in [-0.4, -0.2) is 34.6 Å². The molecule has 0 saturated carbocycles. The highest BCUT2D eigenvalue weighted by molar-refractivity contribution is 9.10. The molecular formula is C16H16BrFN2O4S. The molecule has 0 unspecified atom stereocenters. The van der Waals surface area contributed by atoms with Crippen LogP contribution in [0.15, 0.2) is 51.8 Å². The molecule has 2 rings (SSSR count). The molecule has 0 radical (unpaired) electrons. The van der Waals surface area contributed by atoms with E-state index in [-0.39, 0.29) is 23.6 Å². The van der Waals surface area contributed by atoms with Gasteiger partial charge >= 0.3 is 0 Å². The quantitative estimate of drug-likeness (QED) is 0.661. The van der Waals surface area contributed by atoms with Gasteiger partial charge in [0.2, 0.25) is 10.0 Å². The number of hydrogen-bond acceptors (Lipinski definition) is 4. The number of amides is 1. The van der Waals surface area contributed by atoms with E-state index in [1.807, 2.05) is 0 Å². The van der Waals surface area contributed by atoms with Crippen LogP contribution in [0.2, 0.25) is 0 Å². The van der Waals surface area contributed by atoms with Gasteiger partial charge in [0.1, 0.15) is 5.82 Å². The molecule has 0 heterocycles. The normalized spacial score (nSPS) is 11.3. The van der Waals surface area contributed by atoms with Crippen LogP contribution in [0.5, 0.6) is 0 Å². The standard InChI is InChI=1S/C16H16BrFN2O4S/c1-24-9-8-19-25(22,23)13-5-3-12(4-6-13)20-16(21)14-7-2-11(17)10-15(14)18/h2-7,10,19H,8-9H2,1H3,(H,20,21). The molecule has 0 spiro atoms. The second-order valence-electron chi connectivity index (χ2n) is 4.99. The molecule has 0 bridgehead atoms. The van der Waals surface area contributed by atoms with Crippen LogP contribution in [0.4, 0.5) is 10.1 Å². The summed E-state index contributed by atoms with van der Waals surface area (Å²) in [6, 6.07) is 9.66. The number of ether oxygens (including phenoxy) is 1. The van der Waals surface area contributed by atoms with E-state index in [0.29, 0.717) is 10.2 Å². The average Bonchev–Trinajstić information content (AvgIpc) is 2.55. The van der Waals surface area contributed by atoms with Gasteiger partial charge in [0.15, 0.2) is 0 Å². The van der Waals surface area contributed by atoms with E-state index < -0.39 is 21.7 Å². The third kappa shape index (κ3) is 5.33. The molecule has 0 aliphatic carbocycles. The van der Waals surface area contributed by atoms with Crippen molar-refractivity contribution in [3.8, 4) is 0 Å². The van der Waals surface area contributed by atoms with Gasteiger partial charge in [-0.15, -0.1) is 0 Å². The second kappa shape index (κ2) is 8.52. The number of rotatable bonds is 7. The fraction of sp³-hybridized carbons (Fsp3) is 0.188. The molecule has 1 amide bonds. The maximum atomic E-state index is 13.8. The van der Waals surface area contributed by atoms with Crippen LogP contribution < -0.4 is 10.0 Å². The molecule has 0 saturated heterocycles. The van der Waals surface area contributed by atoms with Crippen molar-refractivity contribution >= 4 is 37.5 Å². The van der Waals surface area contributed by atoms with Gasteiger partial charge in [-0.3, -0.25) is 4.79 Å². The molecule has 9 heteroatoms. The first-order chi connectivity index (χ1) is 11.8. The minimum atomic E-state index is -3.65. The minimum absolute atomic E-state index is 0.0522. The van der Waals surface area contributed by atoms with Crippen LogP contribution in [0.1, 0.15) is 10.4 Å². The van der Waals surface area contributed by atoms with E-state index in [0.717, 1.165) is 0 Å². The number of nitrogens with one attached hydrogen (secondary N) is 2. The Labute approximate surface area is 153 Å². The van der Waals surface area contributed by atoms with Crippen molar-refractivity contribution in [2.24, 2.45) is 0 Å². The molecule has 0 atom stereocenters. The average molecular weight is 431 g/mol. The molecule has 25 heavy (non-hydrogen) atoms. The van der Waals surface area contributed by atoms with Crippen molar-refractivity contribution in [3.05, 3.63) is 58.3 Å². The van der Waals surface area contributed by atoms with Crippen LogP contribution in [0, 0.1) is 5.82 Å². The Kier molecular flexibility index (Phi) is 6.65. The van der Waals surface area contributed by atoms with E-state index in [2.05, 4.69) is 26.0 Å². The smallest absolute Gasteiger partial charge is 0.258 e. The lowest BCUT2D eigenvalue weighted by Gasteiger charge is -2.09. The number of methoxy groups -OCH3 is 1. The summed E-state index contributed by atoms with van der Waals surface area (Å²) in [4.78, 5) is 12.1. The number of benzene rings is 2. The zero-order valence-corrected chi connectivity index (χ0v) is 15.7. The Morgan fingerprint density at radius 1 is 1.20 bits per heavy atom. The number of anilines is 1. The van der Waals surface area contributed by atoms with Crippen molar-refractivity contribution in [1.29, 1.82) is 0 Å². The van der Waals surface area contributed by atoms with Gasteiger partial charge in [0, 0.05) is 23.8 Å². The van der Waals surface area contributed by atoms with Crippen molar-refractivity contribution in [2.75, 3.05) is 25.6 Å². The molecule has 2 N–H and O–H groups in total. The fourth-order valence-corrected chi connectivity index (χ4v) is 3.30. The molecular weight excluding hydrogens is 415 g/mol. The zero-order valence-electron chi connectivity index (χ0n) is 13.3. The zero-order chi connectivity index (χ0) is 18.4. The number of carbonyl (C=O) groups is 1. The van der Waals surface area contributed by atoms with E-state index in [9.17, 15) is 17.6 Å². The number of hydrogen-bond donors (Lipinski definition) is 2. The molecule has 2 aromatic carbocycles. The van der Waals surface area contributed by atoms with Crippen LogP contribution >= 0.6 is 15.9 Å². The monoisotopic (exact) mass is 430 g/mol. The van der Waals surface area contributed by atoms with Crippen LogP contribution in [0.25, 0.3) is 0 Å². The predicted molar refractivity (Wildman–Crippen MR) is 95.6 cm³/mol. The topological polar surface area (TPSA) is 84.5 Å². The van der Waals surface area contributed by atoms with Crippen molar-refractivity contribution in [1.82, 2.24) is 4.72 Å². The lowest BCUT2D eigenvalue weighted by atomic mass is 10.2. The van der Waals surface area contributed by atoms with Gasteiger partial charge in [-0.2, -0.15) is 0 Å². The van der Waals surface area contributed by atoms with E-state index in [1.54, 1.807) is 6.07 Å². The van der Waals surface area contributed by atoms with Gasteiger partial charge in [-0.1, -0.05) is 15.9 Å². The summed E-state index contributed by atoms with van der Waals surface area (Å²) in [7, 11) is -2.18. The van der Waals surface area contributed by atoms with Crippen molar-refractivity contribution in [2.45, 2.75) is 4.90 Å². The minimum Gasteiger partial charge on any atom is -0.383 e. The first kappa shape index (κ1) is 19.5. The van der Waals surface area contributed by atoms with Gasteiger partial charge < -0.3 is 10.1 Å². The number of carbonyl (C=O) groups excluding carboxylic acids is 1. The molecule has 0 aromatic heterocycles.